The lowest BCUT2D eigenvalue weighted by Crippen LogP contribution is -2.38. The van der Waals surface area contributed by atoms with E-state index in [0.29, 0.717) is 18.0 Å². The van der Waals surface area contributed by atoms with Crippen molar-refractivity contribution in [1.82, 2.24) is 9.55 Å². The Balaban J connectivity index is 2.12. The molecule has 20 heavy (non-hydrogen) atoms. The summed E-state index contributed by atoms with van der Waals surface area (Å²) in [6.07, 6.45) is 1.38. The van der Waals surface area contributed by atoms with E-state index >= 15 is 0 Å². The molecule has 0 spiro atoms. The number of hydrogen-bond acceptors (Lipinski definition) is 4. The first kappa shape index (κ1) is 13.3. The minimum Gasteiger partial charge on any atom is -0.489 e. The van der Waals surface area contributed by atoms with E-state index < -0.39 is 10.0 Å². The summed E-state index contributed by atoms with van der Waals surface area (Å²) >= 11 is 6.00. The van der Waals surface area contributed by atoms with Crippen molar-refractivity contribution in [3.05, 3.63) is 35.7 Å². The number of sulfonamides is 1. The summed E-state index contributed by atoms with van der Waals surface area (Å²) in [5.41, 5.74) is 0.500. The van der Waals surface area contributed by atoms with E-state index in [1.807, 2.05) is 0 Å². The number of rotatable bonds is 2. The molecule has 0 saturated heterocycles. The molecule has 0 N–H and O–H groups in total. The van der Waals surface area contributed by atoms with Gasteiger partial charge in [-0.15, -0.1) is 0 Å². The Labute approximate surface area is 121 Å². The summed E-state index contributed by atoms with van der Waals surface area (Å²) in [4.78, 5) is 3.90. The number of halogens is 1. The lowest BCUT2D eigenvalue weighted by molar-refractivity contribution is 0.316. The molecule has 3 rings (SSSR count). The molecule has 2 heterocycles. The highest BCUT2D eigenvalue weighted by Crippen LogP contribution is 2.35. The second-order valence-electron chi connectivity index (χ2n) is 4.34. The second-order valence-corrected chi connectivity index (χ2v) is 6.48. The second kappa shape index (κ2) is 4.68. The average Bonchev–Trinajstić information content (AvgIpc) is 2.79. The summed E-state index contributed by atoms with van der Waals surface area (Å²) < 4.78 is 33.6. The number of hydrogen-bond donors (Lipinski definition) is 0. The number of aryl methyl sites for hydroxylation is 1. The third-order valence-corrected chi connectivity index (χ3v) is 5.36. The van der Waals surface area contributed by atoms with Crippen LogP contribution in [0.4, 0.5) is 5.69 Å². The van der Waals surface area contributed by atoms with Gasteiger partial charge in [-0.25, -0.2) is 4.98 Å². The molecule has 1 aromatic heterocycles. The van der Waals surface area contributed by atoms with Gasteiger partial charge in [-0.2, -0.15) is 8.42 Å². The van der Waals surface area contributed by atoms with Crippen LogP contribution in [0.5, 0.6) is 5.75 Å². The Morgan fingerprint density at radius 3 is 2.80 bits per heavy atom. The molecule has 0 atom stereocenters. The van der Waals surface area contributed by atoms with Crippen LogP contribution in [0.15, 0.2) is 35.6 Å². The Bertz CT molecular complexity index is 757. The van der Waals surface area contributed by atoms with Gasteiger partial charge in [0, 0.05) is 7.05 Å². The zero-order valence-corrected chi connectivity index (χ0v) is 12.2. The normalized spacial score (nSPS) is 14.8. The van der Waals surface area contributed by atoms with Crippen molar-refractivity contribution >= 4 is 27.3 Å². The van der Waals surface area contributed by atoms with Crippen LogP contribution in [-0.4, -0.2) is 31.1 Å². The van der Waals surface area contributed by atoms with Gasteiger partial charge in [0.1, 0.15) is 17.5 Å². The van der Waals surface area contributed by atoms with Crippen molar-refractivity contribution in [1.29, 1.82) is 0 Å². The standard InChI is InChI=1S/C12H12ClN3O3S/c1-15-8-14-12(11(15)13)20(17,18)16-6-7-19-10-5-3-2-4-9(10)16/h2-5,8H,6-7H2,1H3. The Hall–Kier alpha value is -1.73. The van der Waals surface area contributed by atoms with Gasteiger partial charge in [-0.3, -0.25) is 4.31 Å². The zero-order valence-electron chi connectivity index (χ0n) is 10.7. The summed E-state index contributed by atoms with van der Waals surface area (Å²) in [5, 5.41) is -0.0488. The van der Waals surface area contributed by atoms with Gasteiger partial charge in [-0.1, -0.05) is 23.7 Å². The number of benzene rings is 1. The SMILES string of the molecule is Cn1cnc(S(=O)(=O)N2CCOc3ccccc32)c1Cl. The molecule has 6 nitrogen and oxygen atoms in total. The minimum atomic E-state index is -3.80. The molecular formula is C12H12ClN3O3S. The molecular weight excluding hydrogens is 302 g/mol. The number of ether oxygens (including phenoxy) is 1. The fraction of sp³-hybridized carbons (Fsp3) is 0.250. The first-order chi connectivity index (χ1) is 9.51. The highest BCUT2D eigenvalue weighted by molar-refractivity contribution is 7.92. The number of para-hydroxylation sites is 2. The van der Waals surface area contributed by atoms with Crippen molar-refractivity contribution in [3.8, 4) is 5.75 Å². The van der Waals surface area contributed by atoms with Crippen molar-refractivity contribution in [2.45, 2.75) is 5.03 Å². The summed E-state index contributed by atoms with van der Waals surface area (Å²) in [6, 6.07) is 6.98. The van der Waals surface area contributed by atoms with E-state index in [1.165, 1.54) is 15.2 Å². The van der Waals surface area contributed by atoms with E-state index in [2.05, 4.69) is 4.98 Å². The van der Waals surface area contributed by atoms with Crippen molar-refractivity contribution < 1.29 is 13.2 Å². The van der Waals surface area contributed by atoms with Crippen LogP contribution in [-0.2, 0) is 17.1 Å². The van der Waals surface area contributed by atoms with Crippen molar-refractivity contribution in [2.75, 3.05) is 17.5 Å². The van der Waals surface area contributed by atoms with Crippen LogP contribution in [0.2, 0.25) is 5.15 Å². The maximum atomic E-state index is 12.7. The molecule has 1 aromatic carbocycles. The molecule has 8 heteroatoms. The van der Waals surface area contributed by atoms with E-state index in [1.54, 1.807) is 31.3 Å². The highest BCUT2D eigenvalue weighted by Gasteiger charge is 2.33. The van der Waals surface area contributed by atoms with Gasteiger partial charge < -0.3 is 9.30 Å². The topological polar surface area (TPSA) is 64.4 Å². The summed E-state index contributed by atoms with van der Waals surface area (Å²) in [6.45, 7) is 0.521. The van der Waals surface area contributed by atoms with Crippen molar-refractivity contribution in [2.24, 2.45) is 7.05 Å². The van der Waals surface area contributed by atoms with E-state index in [9.17, 15) is 8.42 Å². The molecule has 1 aliphatic heterocycles. The van der Waals surface area contributed by atoms with Gasteiger partial charge in [0.25, 0.3) is 10.0 Å². The fourth-order valence-corrected chi connectivity index (χ4v) is 3.92. The molecule has 0 radical (unpaired) electrons. The molecule has 0 aliphatic carbocycles. The average molecular weight is 314 g/mol. The number of imidazole rings is 1. The van der Waals surface area contributed by atoms with E-state index in [0.717, 1.165) is 0 Å². The summed E-state index contributed by atoms with van der Waals surface area (Å²) in [5.74, 6) is 0.536. The first-order valence-corrected chi connectivity index (χ1v) is 7.75. The third-order valence-electron chi connectivity index (χ3n) is 3.05. The van der Waals surface area contributed by atoms with Gasteiger partial charge in [0.15, 0.2) is 0 Å². The molecule has 1 aliphatic rings. The monoisotopic (exact) mass is 313 g/mol. The molecule has 0 amide bonds. The molecule has 106 valence electrons. The van der Waals surface area contributed by atoms with Crippen LogP contribution in [0.3, 0.4) is 0 Å². The molecule has 0 fully saturated rings. The lowest BCUT2D eigenvalue weighted by Gasteiger charge is -2.29. The van der Waals surface area contributed by atoms with Crippen LogP contribution in [0.1, 0.15) is 0 Å². The van der Waals surface area contributed by atoms with Gasteiger partial charge in [0.05, 0.1) is 18.6 Å². The fourth-order valence-electron chi connectivity index (χ4n) is 2.07. The number of nitrogens with zero attached hydrogens (tertiary/aromatic N) is 3. The Morgan fingerprint density at radius 1 is 1.35 bits per heavy atom. The molecule has 0 saturated carbocycles. The summed E-state index contributed by atoms with van der Waals surface area (Å²) in [7, 11) is -2.16. The Morgan fingerprint density at radius 2 is 2.10 bits per heavy atom. The van der Waals surface area contributed by atoms with Gasteiger partial charge in [0.2, 0.25) is 5.03 Å². The number of fused-ring (bicyclic) bond motifs is 1. The highest BCUT2D eigenvalue weighted by atomic mass is 35.5. The predicted octanol–water partition coefficient (Wildman–Crippen LogP) is 1.66. The van der Waals surface area contributed by atoms with E-state index in [4.69, 9.17) is 16.3 Å². The number of aromatic nitrogens is 2. The van der Waals surface area contributed by atoms with Crippen LogP contribution in [0.25, 0.3) is 0 Å². The maximum Gasteiger partial charge on any atom is 0.285 e. The van der Waals surface area contributed by atoms with Crippen molar-refractivity contribution in [3.63, 3.8) is 0 Å². The molecule has 2 aromatic rings. The lowest BCUT2D eigenvalue weighted by atomic mass is 10.2. The first-order valence-electron chi connectivity index (χ1n) is 5.93. The zero-order chi connectivity index (χ0) is 14.3. The largest absolute Gasteiger partial charge is 0.489 e. The number of anilines is 1. The maximum absolute atomic E-state index is 12.7. The van der Waals surface area contributed by atoms with E-state index in [-0.39, 0.29) is 16.7 Å². The van der Waals surface area contributed by atoms with Gasteiger partial charge >= 0.3 is 0 Å². The third kappa shape index (κ3) is 1.94. The predicted molar refractivity (Wildman–Crippen MR) is 74.7 cm³/mol. The minimum absolute atomic E-state index is 0.0916. The quantitative estimate of drug-likeness (QED) is 0.846. The van der Waals surface area contributed by atoms with Crippen LogP contribution >= 0.6 is 11.6 Å². The van der Waals surface area contributed by atoms with Gasteiger partial charge in [-0.05, 0) is 12.1 Å². The van der Waals surface area contributed by atoms with Crippen LogP contribution < -0.4 is 9.04 Å². The molecule has 0 unspecified atom stereocenters. The smallest absolute Gasteiger partial charge is 0.285 e. The Kier molecular flexibility index (Phi) is 3.10. The molecule has 0 bridgehead atoms. The van der Waals surface area contributed by atoms with Crippen LogP contribution in [0, 0.1) is 0 Å².